The van der Waals surface area contributed by atoms with Gasteiger partial charge in [0.2, 0.25) is 0 Å². The van der Waals surface area contributed by atoms with Crippen LogP contribution in [-0.4, -0.2) is 13.2 Å². The van der Waals surface area contributed by atoms with Gasteiger partial charge >= 0.3 is 0 Å². The van der Waals surface area contributed by atoms with Gasteiger partial charge in [-0.3, -0.25) is 0 Å². The predicted molar refractivity (Wildman–Crippen MR) is 86.5 cm³/mol. The van der Waals surface area contributed by atoms with E-state index in [1.54, 1.807) is 0 Å². The molecule has 2 unspecified atom stereocenters. The number of hydrogen-bond acceptors (Lipinski definition) is 1. The van der Waals surface area contributed by atoms with Crippen molar-refractivity contribution in [1.29, 1.82) is 0 Å². The molecule has 0 aliphatic rings. The van der Waals surface area contributed by atoms with Gasteiger partial charge in [0, 0.05) is 13.2 Å². The van der Waals surface area contributed by atoms with E-state index < -0.39 is 0 Å². The minimum atomic E-state index is 0.400. The minimum Gasteiger partial charge on any atom is -0.381 e. The first-order chi connectivity index (χ1) is 8.67. The molecule has 1 nitrogen and oxygen atoms in total. The molecule has 19 heavy (non-hydrogen) atoms. The van der Waals surface area contributed by atoms with Crippen LogP contribution in [0.25, 0.3) is 0 Å². The minimum absolute atomic E-state index is 0.400. The van der Waals surface area contributed by atoms with Gasteiger partial charge in [0.15, 0.2) is 0 Å². The molecule has 0 fully saturated rings. The van der Waals surface area contributed by atoms with Crippen molar-refractivity contribution < 1.29 is 4.74 Å². The fraction of sp³-hybridized carbons (Fsp3) is 1.00. The lowest BCUT2D eigenvalue weighted by atomic mass is 9.76. The first kappa shape index (κ1) is 19.0. The lowest BCUT2D eigenvalue weighted by Gasteiger charge is -2.34. The van der Waals surface area contributed by atoms with E-state index in [-0.39, 0.29) is 0 Å². The van der Waals surface area contributed by atoms with Crippen LogP contribution >= 0.6 is 0 Å². The van der Waals surface area contributed by atoms with E-state index in [2.05, 4.69) is 55.4 Å². The third-order valence-corrected chi connectivity index (χ3v) is 5.19. The average molecular weight is 271 g/mol. The van der Waals surface area contributed by atoms with Gasteiger partial charge in [0.25, 0.3) is 0 Å². The number of rotatable bonds is 10. The standard InChI is InChI=1S/C18H38O/c1-9-11-17(5,6)15(3)13-19-14-16(4)18(7,8)12-10-2/h15-16H,9-14H2,1-8H3. The smallest absolute Gasteiger partial charge is 0.0496 e. The van der Waals surface area contributed by atoms with E-state index in [9.17, 15) is 0 Å². The van der Waals surface area contributed by atoms with Crippen LogP contribution < -0.4 is 0 Å². The second kappa shape index (κ2) is 8.29. The summed E-state index contributed by atoms with van der Waals surface area (Å²) in [5.74, 6) is 1.27. The highest BCUT2D eigenvalue weighted by Gasteiger charge is 2.27. The second-order valence-corrected chi connectivity index (χ2v) is 7.82. The summed E-state index contributed by atoms with van der Waals surface area (Å²) in [5.41, 5.74) is 0.799. The first-order valence-corrected chi connectivity index (χ1v) is 8.25. The summed E-state index contributed by atoms with van der Waals surface area (Å²) >= 11 is 0. The molecule has 0 spiro atoms. The van der Waals surface area contributed by atoms with E-state index >= 15 is 0 Å². The van der Waals surface area contributed by atoms with E-state index in [1.165, 1.54) is 25.7 Å². The maximum absolute atomic E-state index is 6.02. The molecule has 0 N–H and O–H groups in total. The van der Waals surface area contributed by atoms with Crippen molar-refractivity contribution in [1.82, 2.24) is 0 Å². The predicted octanol–water partition coefficient (Wildman–Crippen LogP) is 5.93. The molecular formula is C18H38O. The van der Waals surface area contributed by atoms with Crippen LogP contribution in [0.4, 0.5) is 0 Å². The summed E-state index contributed by atoms with van der Waals surface area (Å²) in [5, 5.41) is 0. The molecule has 0 bridgehead atoms. The molecule has 116 valence electrons. The molecule has 0 aromatic rings. The van der Waals surface area contributed by atoms with E-state index in [0.29, 0.717) is 22.7 Å². The van der Waals surface area contributed by atoms with E-state index in [0.717, 1.165) is 13.2 Å². The van der Waals surface area contributed by atoms with Gasteiger partial charge in [-0.1, -0.05) is 68.2 Å². The Kier molecular flexibility index (Phi) is 8.27. The van der Waals surface area contributed by atoms with Crippen molar-refractivity contribution in [2.24, 2.45) is 22.7 Å². The van der Waals surface area contributed by atoms with Crippen molar-refractivity contribution in [3.8, 4) is 0 Å². The van der Waals surface area contributed by atoms with Gasteiger partial charge in [-0.25, -0.2) is 0 Å². The Morgan fingerprint density at radius 1 is 0.737 bits per heavy atom. The summed E-state index contributed by atoms with van der Waals surface area (Å²) in [6.45, 7) is 20.5. The molecular weight excluding hydrogens is 232 g/mol. The number of hydrogen-bond donors (Lipinski definition) is 0. The van der Waals surface area contributed by atoms with Gasteiger partial charge in [-0.2, -0.15) is 0 Å². The fourth-order valence-electron chi connectivity index (χ4n) is 2.65. The van der Waals surface area contributed by atoms with Crippen molar-refractivity contribution in [2.45, 2.75) is 81.1 Å². The highest BCUT2D eigenvalue weighted by atomic mass is 16.5. The number of ether oxygens (including phenoxy) is 1. The first-order valence-electron chi connectivity index (χ1n) is 8.25. The van der Waals surface area contributed by atoms with Gasteiger partial charge in [-0.05, 0) is 35.5 Å². The molecule has 0 saturated carbocycles. The topological polar surface area (TPSA) is 9.23 Å². The summed E-state index contributed by atoms with van der Waals surface area (Å²) in [4.78, 5) is 0. The Morgan fingerprint density at radius 3 is 1.32 bits per heavy atom. The Labute approximate surface area is 122 Å². The van der Waals surface area contributed by atoms with E-state index in [4.69, 9.17) is 4.74 Å². The van der Waals surface area contributed by atoms with Crippen molar-refractivity contribution in [3.05, 3.63) is 0 Å². The third kappa shape index (κ3) is 6.79. The fourth-order valence-corrected chi connectivity index (χ4v) is 2.65. The average Bonchev–Trinajstić information content (AvgIpc) is 2.28. The molecule has 0 amide bonds. The zero-order chi connectivity index (χ0) is 15.1. The zero-order valence-electron chi connectivity index (χ0n) is 14.8. The lowest BCUT2D eigenvalue weighted by Crippen LogP contribution is -2.29. The molecule has 0 aromatic carbocycles. The van der Waals surface area contributed by atoms with Crippen LogP contribution in [0.5, 0.6) is 0 Å². The van der Waals surface area contributed by atoms with Gasteiger partial charge in [-0.15, -0.1) is 0 Å². The second-order valence-electron chi connectivity index (χ2n) is 7.82. The highest BCUT2D eigenvalue weighted by molar-refractivity contribution is 4.77. The van der Waals surface area contributed by atoms with Gasteiger partial charge in [0.05, 0.1) is 0 Å². The van der Waals surface area contributed by atoms with Gasteiger partial charge in [0.1, 0.15) is 0 Å². The largest absolute Gasteiger partial charge is 0.381 e. The molecule has 0 saturated heterocycles. The highest BCUT2D eigenvalue weighted by Crippen LogP contribution is 2.34. The monoisotopic (exact) mass is 270 g/mol. The van der Waals surface area contributed by atoms with Crippen LogP contribution in [0.3, 0.4) is 0 Å². The Balaban J connectivity index is 4.09. The summed E-state index contributed by atoms with van der Waals surface area (Å²) in [6, 6.07) is 0. The normalized spacial score (nSPS) is 16.4. The Hall–Kier alpha value is -0.0400. The molecule has 0 aromatic heterocycles. The Bertz CT molecular complexity index is 206. The molecule has 0 aliphatic carbocycles. The van der Waals surface area contributed by atoms with Crippen LogP contribution in [0.1, 0.15) is 81.1 Å². The lowest BCUT2D eigenvalue weighted by molar-refractivity contribution is 0.0111. The van der Waals surface area contributed by atoms with Crippen LogP contribution in [-0.2, 0) is 4.74 Å². The molecule has 0 radical (unpaired) electrons. The van der Waals surface area contributed by atoms with Crippen molar-refractivity contribution in [2.75, 3.05) is 13.2 Å². The van der Waals surface area contributed by atoms with Gasteiger partial charge < -0.3 is 4.74 Å². The van der Waals surface area contributed by atoms with Crippen LogP contribution in [0.15, 0.2) is 0 Å². The van der Waals surface area contributed by atoms with Crippen LogP contribution in [0.2, 0.25) is 0 Å². The Morgan fingerprint density at radius 2 is 1.05 bits per heavy atom. The summed E-state index contributed by atoms with van der Waals surface area (Å²) < 4.78 is 6.02. The summed E-state index contributed by atoms with van der Waals surface area (Å²) in [6.07, 6.45) is 5.09. The molecule has 1 heteroatoms. The molecule has 0 aliphatic heterocycles. The summed E-state index contributed by atoms with van der Waals surface area (Å²) in [7, 11) is 0. The quantitative estimate of drug-likeness (QED) is 0.478. The maximum atomic E-state index is 6.02. The van der Waals surface area contributed by atoms with E-state index in [1.807, 2.05) is 0 Å². The zero-order valence-corrected chi connectivity index (χ0v) is 14.8. The molecule has 0 heterocycles. The van der Waals surface area contributed by atoms with Crippen molar-refractivity contribution in [3.63, 3.8) is 0 Å². The molecule has 2 atom stereocenters. The van der Waals surface area contributed by atoms with Crippen molar-refractivity contribution >= 4 is 0 Å². The molecule has 0 rings (SSSR count). The SMILES string of the molecule is CCCC(C)(C)C(C)COCC(C)C(C)(C)CCC. The third-order valence-electron chi connectivity index (χ3n) is 5.19. The maximum Gasteiger partial charge on any atom is 0.0496 e. The van der Waals surface area contributed by atoms with Crippen LogP contribution in [0, 0.1) is 22.7 Å².